The van der Waals surface area contributed by atoms with Crippen LogP contribution in [0.25, 0.3) is 5.65 Å². The number of fused-ring (bicyclic) bond motifs is 1. The molecule has 23 heavy (non-hydrogen) atoms. The Morgan fingerprint density at radius 3 is 2.78 bits per heavy atom. The minimum absolute atomic E-state index is 0.0406. The predicted octanol–water partition coefficient (Wildman–Crippen LogP) is 1.56. The standard InChI is InChI=1S/C12H11N5O4S2/c13-23(20,21)10-5-4-8(22-10)7-14-11-12(17(18)19)16-6-2-1-3-9(16)15-11/h1-6,14H,7H2,(H2,13,20,21). The molecule has 0 aliphatic rings. The Hall–Kier alpha value is -2.50. The van der Waals surface area contributed by atoms with Crippen molar-refractivity contribution >= 4 is 38.6 Å². The van der Waals surface area contributed by atoms with Crippen molar-refractivity contribution in [3.8, 4) is 0 Å². The zero-order chi connectivity index (χ0) is 16.6. The van der Waals surface area contributed by atoms with E-state index in [4.69, 9.17) is 5.14 Å². The molecule has 0 aliphatic carbocycles. The van der Waals surface area contributed by atoms with Crippen LogP contribution in [0.1, 0.15) is 4.88 Å². The van der Waals surface area contributed by atoms with E-state index in [1.165, 1.54) is 10.5 Å². The van der Waals surface area contributed by atoms with Crippen LogP contribution in [-0.4, -0.2) is 22.7 Å². The second-order valence-electron chi connectivity index (χ2n) is 4.59. The van der Waals surface area contributed by atoms with E-state index in [1.54, 1.807) is 30.5 Å². The molecule has 0 fully saturated rings. The zero-order valence-corrected chi connectivity index (χ0v) is 13.2. The molecule has 0 spiro atoms. The molecule has 11 heteroatoms. The van der Waals surface area contributed by atoms with Crippen LogP contribution in [-0.2, 0) is 16.6 Å². The van der Waals surface area contributed by atoms with Crippen molar-refractivity contribution in [1.82, 2.24) is 9.38 Å². The van der Waals surface area contributed by atoms with Gasteiger partial charge in [-0.1, -0.05) is 6.07 Å². The number of nitrogens with two attached hydrogens (primary N) is 1. The largest absolute Gasteiger partial charge is 0.372 e. The molecule has 0 aromatic carbocycles. The van der Waals surface area contributed by atoms with Crippen molar-refractivity contribution < 1.29 is 13.3 Å². The van der Waals surface area contributed by atoms with Gasteiger partial charge in [-0.15, -0.1) is 11.3 Å². The van der Waals surface area contributed by atoms with E-state index >= 15 is 0 Å². The number of imidazole rings is 1. The molecule has 9 nitrogen and oxygen atoms in total. The second-order valence-corrected chi connectivity index (χ2v) is 7.55. The molecule has 0 bridgehead atoms. The predicted molar refractivity (Wildman–Crippen MR) is 84.9 cm³/mol. The van der Waals surface area contributed by atoms with Gasteiger partial charge in [0.05, 0.1) is 12.7 Å². The van der Waals surface area contributed by atoms with Crippen molar-refractivity contribution in [2.75, 3.05) is 5.32 Å². The average molecular weight is 353 g/mol. The third kappa shape index (κ3) is 3.02. The number of nitrogens with zero attached hydrogens (tertiary/aromatic N) is 3. The van der Waals surface area contributed by atoms with Crippen LogP contribution in [0.5, 0.6) is 0 Å². The number of sulfonamides is 1. The van der Waals surface area contributed by atoms with Gasteiger partial charge in [0.1, 0.15) is 4.21 Å². The Kier molecular flexibility index (Phi) is 3.75. The van der Waals surface area contributed by atoms with E-state index in [1.807, 2.05) is 0 Å². The number of pyridine rings is 1. The number of nitro groups is 1. The minimum atomic E-state index is -3.74. The van der Waals surface area contributed by atoms with E-state index < -0.39 is 14.9 Å². The van der Waals surface area contributed by atoms with Gasteiger partial charge in [0.15, 0.2) is 0 Å². The van der Waals surface area contributed by atoms with Gasteiger partial charge in [0, 0.05) is 10.9 Å². The first-order chi connectivity index (χ1) is 10.9. The van der Waals surface area contributed by atoms with Crippen molar-refractivity contribution in [2.45, 2.75) is 10.8 Å². The quantitative estimate of drug-likeness (QED) is 0.528. The number of thiophene rings is 1. The fourth-order valence-corrected chi connectivity index (χ4v) is 3.77. The average Bonchev–Trinajstić information content (AvgIpc) is 3.08. The highest BCUT2D eigenvalue weighted by molar-refractivity contribution is 7.91. The fraction of sp³-hybridized carbons (Fsp3) is 0.0833. The van der Waals surface area contributed by atoms with Gasteiger partial charge in [-0.25, -0.2) is 13.6 Å². The summed E-state index contributed by atoms with van der Waals surface area (Å²) in [7, 11) is -3.74. The Bertz CT molecular complexity index is 992. The highest BCUT2D eigenvalue weighted by Crippen LogP contribution is 2.27. The summed E-state index contributed by atoms with van der Waals surface area (Å²) in [4.78, 5) is 15.6. The molecule has 3 aromatic heterocycles. The first-order valence-electron chi connectivity index (χ1n) is 6.33. The molecular weight excluding hydrogens is 342 g/mol. The zero-order valence-electron chi connectivity index (χ0n) is 11.5. The summed E-state index contributed by atoms with van der Waals surface area (Å²) in [6.45, 7) is 0.199. The van der Waals surface area contributed by atoms with Crippen LogP contribution < -0.4 is 10.5 Å². The van der Waals surface area contributed by atoms with Gasteiger partial charge in [-0.05, 0) is 23.1 Å². The van der Waals surface area contributed by atoms with Gasteiger partial charge < -0.3 is 15.4 Å². The lowest BCUT2D eigenvalue weighted by Gasteiger charge is -2.01. The Labute approximate surface area is 134 Å². The number of aromatic nitrogens is 2. The lowest BCUT2D eigenvalue weighted by atomic mass is 10.4. The number of hydrogen-bond donors (Lipinski definition) is 2. The molecule has 0 aliphatic heterocycles. The molecule has 0 amide bonds. The maximum Gasteiger partial charge on any atom is 0.372 e. The van der Waals surface area contributed by atoms with E-state index in [0.29, 0.717) is 10.5 Å². The first-order valence-corrected chi connectivity index (χ1v) is 8.69. The summed E-state index contributed by atoms with van der Waals surface area (Å²) in [6.07, 6.45) is 1.55. The van der Waals surface area contributed by atoms with E-state index in [-0.39, 0.29) is 22.4 Å². The lowest BCUT2D eigenvalue weighted by molar-refractivity contribution is -0.389. The number of nitrogens with one attached hydrogen (secondary N) is 1. The Balaban J connectivity index is 1.89. The molecule has 3 heterocycles. The van der Waals surface area contributed by atoms with Crippen LogP contribution in [0.4, 0.5) is 11.6 Å². The lowest BCUT2D eigenvalue weighted by Crippen LogP contribution is -2.09. The van der Waals surface area contributed by atoms with Crippen LogP contribution in [0, 0.1) is 10.1 Å². The van der Waals surface area contributed by atoms with Gasteiger partial charge in [-0.2, -0.15) is 9.38 Å². The molecule has 3 N–H and O–H groups in total. The number of rotatable bonds is 5. The highest BCUT2D eigenvalue weighted by atomic mass is 32.2. The first kappa shape index (κ1) is 15.4. The van der Waals surface area contributed by atoms with Crippen LogP contribution in [0.2, 0.25) is 0 Å². The van der Waals surface area contributed by atoms with Gasteiger partial charge >= 0.3 is 5.82 Å². The normalized spacial score (nSPS) is 11.7. The molecule has 0 atom stereocenters. The molecule has 120 valence electrons. The fourth-order valence-electron chi connectivity index (χ4n) is 2.05. The monoisotopic (exact) mass is 353 g/mol. The Morgan fingerprint density at radius 1 is 1.35 bits per heavy atom. The molecular formula is C12H11N5O4S2. The highest BCUT2D eigenvalue weighted by Gasteiger charge is 2.22. The van der Waals surface area contributed by atoms with Crippen LogP contribution in [0.3, 0.4) is 0 Å². The van der Waals surface area contributed by atoms with Gasteiger partial charge in [-0.3, -0.25) is 0 Å². The third-order valence-electron chi connectivity index (χ3n) is 3.03. The summed E-state index contributed by atoms with van der Waals surface area (Å²) in [5.41, 5.74) is 0.443. The van der Waals surface area contributed by atoms with Crippen LogP contribution >= 0.6 is 11.3 Å². The molecule has 3 rings (SSSR count). The van der Waals surface area contributed by atoms with Gasteiger partial charge in [0.2, 0.25) is 21.5 Å². The molecule has 0 unspecified atom stereocenters. The SMILES string of the molecule is NS(=O)(=O)c1ccc(CNc2nc3ccccn3c2[N+](=O)[O-])s1. The summed E-state index contributed by atoms with van der Waals surface area (Å²) < 4.78 is 23.9. The summed E-state index contributed by atoms with van der Waals surface area (Å²) in [5.74, 6) is -0.0596. The van der Waals surface area contributed by atoms with Gasteiger partial charge in [0.25, 0.3) is 0 Å². The van der Waals surface area contributed by atoms with E-state index in [9.17, 15) is 18.5 Å². The van der Waals surface area contributed by atoms with Crippen molar-refractivity contribution in [1.29, 1.82) is 0 Å². The minimum Gasteiger partial charge on any atom is -0.358 e. The van der Waals surface area contributed by atoms with E-state index in [0.717, 1.165) is 11.3 Å². The van der Waals surface area contributed by atoms with E-state index in [2.05, 4.69) is 10.3 Å². The Morgan fingerprint density at radius 2 is 2.13 bits per heavy atom. The summed E-state index contributed by atoms with van der Waals surface area (Å²) >= 11 is 1.00. The maximum atomic E-state index is 11.3. The van der Waals surface area contributed by atoms with Crippen molar-refractivity contribution in [3.63, 3.8) is 0 Å². The maximum absolute atomic E-state index is 11.3. The molecule has 0 radical (unpaired) electrons. The number of anilines is 1. The van der Waals surface area contributed by atoms with Crippen LogP contribution in [0.15, 0.2) is 40.7 Å². The second kappa shape index (κ2) is 5.61. The molecule has 0 saturated carbocycles. The smallest absolute Gasteiger partial charge is 0.358 e. The number of primary sulfonamides is 1. The van der Waals surface area contributed by atoms with Crippen molar-refractivity contribution in [2.24, 2.45) is 5.14 Å². The molecule has 0 saturated heterocycles. The molecule has 3 aromatic rings. The number of hydrogen-bond acceptors (Lipinski definition) is 7. The van der Waals surface area contributed by atoms with Crippen molar-refractivity contribution in [3.05, 3.63) is 51.5 Å². The topological polar surface area (TPSA) is 133 Å². The summed E-state index contributed by atoms with van der Waals surface area (Å²) in [6, 6.07) is 8.05. The summed E-state index contributed by atoms with van der Waals surface area (Å²) in [5, 5.41) is 19.2. The third-order valence-corrected chi connectivity index (χ3v) is 5.55.